The normalized spacial score (nSPS) is 20.7. The quantitative estimate of drug-likeness (QED) is 0.668. The molecule has 0 heterocycles. The maximum atomic E-state index is 13.0. The first-order valence-corrected chi connectivity index (χ1v) is 7.59. The maximum absolute atomic E-state index is 13.0. The number of esters is 1. The predicted octanol–water partition coefficient (Wildman–Crippen LogP) is 4.13. The Morgan fingerprint density at radius 1 is 1.35 bits per heavy atom. The van der Waals surface area contributed by atoms with Crippen molar-refractivity contribution >= 4 is 5.97 Å². The summed E-state index contributed by atoms with van der Waals surface area (Å²) in [5.41, 5.74) is 1.09. The summed E-state index contributed by atoms with van der Waals surface area (Å²) in [6.45, 7) is 2.31. The smallest absolute Gasteiger partial charge is 0.305 e. The zero-order valence-electron chi connectivity index (χ0n) is 12.1. The van der Waals surface area contributed by atoms with Crippen LogP contribution in [0.5, 0.6) is 0 Å². The van der Waals surface area contributed by atoms with Crippen LogP contribution in [-0.4, -0.2) is 12.6 Å². The summed E-state index contributed by atoms with van der Waals surface area (Å²) in [5.74, 6) is 1.30. The van der Waals surface area contributed by atoms with Gasteiger partial charge in [-0.3, -0.25) is 4.79 Å². The first kappa shape index (κ1) is 15.0. The van der Waals surface area contributed by atoms with Crippen molar-refractivity contribution in [2.45, 2.75) is 45.4 Å². The number of hydrogen-bond acceptors (Lipinski definition) is 2. The van der Waals surface area contributed by atoms with Crippen molar-refractivity contribution in [3.63, 3.8) is 0 Å². The third kappa shape index (κ3) is 4.95. The highest BCUT2D eigenvalue weighted by molar-refractivity contribution is 5.69. The van der Waals surface area contributed by atoms with Crippen LogP contribution in [0.15, 0.2) is 24.3 Å². The summed E-state index contributed by atoms with van der Waals surface area (Å²) >= 11 is 0. The minimum atomic E-state index is -0.149. The van der Waals surface area contributed by atoms with E-state index in [0.29, 0.717) is 13.0 Å². The van der Waals surface area contributed by atoms with Crippen molar-refractivity contribution in [3.8, 4) is 0 Å². The molecule has 1 saturated carbocycles. The maximum Gasteiger partial charge on any atom is 0.305 e. The van der Waals surface area contributed by atoms with E-state index in [4.69, 9.17) is 4.74 Å². The van der Waals surface area contributed by atoms with Crippen molar-refractivity contribution in [2.75, 3.05) is 6.61 Å². The van der Waals surface area contributed by atoms with Crippen LogP contribution in [0.1, 0.15) is 44.6 Å². The van der Waals surface area contributed by atoms with Gasteiger partial charge in [0.15, 0.2) is 0 Å². The van der Waals surface area contributed by atoms with Crippen LogP contribution in [0, 0.1) is 17.7 Å². The minimum Gasteiger partial charge on any atom is -0.466 e. The summed E-state index contributed by atoms with van der Waals surface area (Å²) in [6, 6.07) is 6.87. The van der Waals surface area contributed by atoms with E-state index in [1.165, 1.54) is 12.5 Å². The molecular formula is C17H23FO2. The van der Waals surface area contributed by atoms with Crippen molar-refractivity contribution in [1.82, 2.24) is 0 Å². The molecule has 1 aliphatic carbocycles. The number of halogens is 1. The molecule has 0 bridgehead atoms. The second kappa shape index (κ2) is 7.41. The van der Waals surface area contributed by atoms with Gasteiger partial charge >= 0.3 is 5.97 Å². The van der Waals surface area contributed by atoms with Crippen molar-refractivity contribution in [2.24, 2.45) is 11.8 Å². The molecule has 0 N–H and O–H groups in total. The minimum absolute atomic E-state index is 0.0792. The van der Waals surface area contributed by atoms with Gasteiger partial charge in [-0.25, -0.2) is 4.39 Å². The molecule has 0 aliphatic heterocycles. The SMILES string of the molecule is CCOC(=O)CCCC1CC1CCc1cccc(F)c1. The van der Waals surface area contributed by atoms with Gasteiger partial charge in [0.1, 0.15) is 5.82 Å². The van der Waals surface area contributed by atoms with Gasteiger partial charge in [-0.15, -0.1) is 0 Å². The Hall–Kier alpha value is -1.38. The Bertz CT molecular complexity index is 444. The summed E-state index contributed by atoms with van der Waals surface area (Å²) in [6.07, 6.45) is 5.94. The Balaban J connectivity index is 1.58. The predicted molar refractivity (Wildman–Crippen MR) is 76.8 cm³/mol. The van der Waals surface area contributed by atoms with Crippen LogP contribution in [0.2, 0.25) is 0 Å². The number of benzene rings is 1. The molecule has 1 aromatic carbocycles. The van der Waals surface area contributed by atoms with Gasteiger partial charge in [-0.1, -0.05) is 12.1 Å². The van der Waals surface area contributed by atoms with Crippen molar-refractivity contribution < 1.29 is 13.9 Å². The Morgan fingerprint density at radius 3 is 2.90 bits per heavy atom. The number of carbonyl (C=O) groups excluding carboxylic acids is 1. The molecule has 3 heteroatoms. The average Bonchev–Trinajstić information content (AvgIpc) is 3.15. The average molecular weight is 278 g/mol. The summed E-state index contributed by atoms with van der Waals surface area (Å²) in [7, 11) is 0. The van der Waals surface area contributed by atoms with Crippen LogP contribution < -0.4 is 0 Å². The van der Waals surface area contributed by atoms with E-state index in [0.717, 1.165) is 43.1 Å². The molecule has 0 aromatic heterocycles. The van der Waals surface area contributed by atoms with Crippen LogP contribution in [0.3, 0.4) is 0 Å². The molecule has 110 valence electrons. The van der Waals surface area contributed by atoms with Crippen molar-refractivity contribution in [3.05, 3.63) is 35.6 Å². The summed E-state index contributed by atoms with van der Waals surface area (Å²) < 4.78 is 18.0. The molecule has 0 saturated heterocycles. The molecule has 0 radical (unpaired) electrons. The Morgan fingerprint density at radius 2 is 2.15 bits per heavy atom. The largest absolute Gasteiger partial charge is 0.466 e. The first-order chi connectivity index (χ1) is 9.69. The lowest BCUT2D eigenvalue weighted by Crippen LogP contribution is -2.03. The van der Waals surface area contributed by atoms with E-state index in [1.807, 2.05) is 13.0 Å². The highest BCUT2D eigenvalue weighted by Gasteiger charge is 2.35. The van der Waals surface area contributed by atoms with Gasteiger partial charge in [0.2, 0.25) is 0 Å². The number of carbonyl (C=O) groups is 1. The fourth-order valence-corrected chi connectivity index (χ4v) is 2.80. The fraction of sp³-hybridized carbons (Fsp3) is 0.588. The van der Waals surface area contributed by atoms with Gasteiger partial charge in [-0.05, 0) is 68.6 Å². The molecule has 2 unspecified atom stereocenters. The number of rotatable bonds is 8. The Labute approximate surface area is 120 Å². The number of aryl methyl sites for hydroxylation is 1. The lowest BCUT2D eigenvalue weighted by atomic mass is 10.0. The van der Waals surface area contributed by atoms with Crippen LogP contribution in [0.4, 0.5) is 4.39 Å². The van der Waals surface area contributed by atoms with E-state index in [2.05, 4.69) is 0 Å². The van der Waals surface area contributed by atoms with Gasteiger partial charge in [0, 0.05) is 6.42 Å². The molecule has 2 rings (SSSR count). The monoisotopic (exact) mass is 278 g/mol. The standard InChI is InChI=1S/C17H23FO2/c1-2-20-17(19)8-4-6-14-12-15(14)10-9-13-5-3-7-16(18)11-13/h3,5,7,11,14-15H,2,4,6,8-10,12H2,1H3. The Kier molecular flexibility index (Phi) is 5.57. The van der Waals surface area contributed by atoms with E-state index in [1.54, 1.807) is 12.1 Å². The second-order valence-corrected chi connectivity index (χ2v) is 5.62. The second-order valence-electron chi connectivity index (χ2n) is 5.62. The van der Waals surface area contributed by atoms with Gasteiger partial charge in [-0.2, -0.15) is 0 Å². The lowest BCUT2D eigenvalue weighted by Gasteiger charge is -2.03. The molecular weight excluding hydrogens is 255 g/mol. The van der Waals surface area contributed by atoms with Crippen LogP contribution >= 0.6 is 0 Å². The molecule has 1 aromatic rings. The van der Waals surface area contributed by atoms with Gasteiger partial charge < -0.3 is 4.74 Å². The summed E-state index contributed by atoms with van der Waals surface area (Å²) in [4.78, 5) is 11.2. The highest BCUT2D eigenvalue weighted by atomic mass is 19.1. The van der Waals surface area contributed by atoms with Gasteiger partial charge in [0.05, 0.1) is 6.61 Å². The zero-order valence-corrected chi connectivity index (χ0v) is 12.1. The van der Waals surface area contributed by atoms with E-state index in [9.17, 15) is 9.18 Å². The zero-order chi connectivity index (χ0) is 14.4. The fourth-order valence-electron chi connectivity index (χ4n) is 2.80. The first-order valence-electron chi connectivity index (χ1n) is 7.59. The molecule has 2 atom stereocenters. The van der Waals surface area contributed by atoms with Crippen LogP contribution in [-0.2, 0) is 16.0 Å². The molecule has 1 fully saturated rings. The molecule has 1 aliphatic rings. The molecule has 2 nitrogen and oxygen atoms in total. The van der Waals surface area contributed by atoms with E-state index >= 15 is 0 Å². The highest BCUT2D eigenvalue weighted by Crippen LogP contribution is 2.45. The van der Waals surface area contributed by atoms with Crippen molar-refractivity contribution in [1.29, 1.82) is 0 Å². The number of ether oxygens (including phenoxy) is 1. The van der Waals surface area contributed by atoms with Gasteiger partial charge in [0.25, 0.3) is 0 Å². The van der Waals surface area contributed by atoms with E-state index in [-0.39, 0.29) is 11.8 Å². The van der Waals surface area contributed by atoms with Crippen LogP contribution in [0.25, 0.3) is 0 Å². The lowest BCUT2D eigenvalue weighted by molar-refractivity contribution is -0.143. The molecule has 0 spiro atoms. The summed E-state index contributed by atoms with van der Waals surface area (Å²) in [5, 5.41) is 0. The third-order valence-electron chi connectivity index (χ3n) is 4.02. The molecule has 20 heavy (non-hydrogen) atoms. The topological polar surface area (TPSA) is 26.3 Å². The van der Waals surface area contributed by atoms with E-state index < -0.39 is 0 Å². The number of hydrogen-bond donors (Lipinski definition) is 0. The molecule has 0 amide bonds. The third-order valence-corrected chi connectivity index (χ3v) is 4.02.